The quantitative estimate of drug-likeness (QED) is 0.663. The lowest BCUT2D eigenvalue weighted by molar-refractivity contribution is 0.134. The highest BCUT2D eigenvalue weighted by atomic mass is 79.9. The Hall–Kier alpha value is -0.0200. The van der Waals surface area contributed by atoms with E-state index in [0.717, 1.165) is 21.5 Å². The van der Waals surface area contributed by atoms with E-state index in [1.807, 2.05) is 6.07 Å². The van der Waals surface area contributed by atoms with E-state index in [1.165, 1.54) is 31.2 Å². The monoisotopic (exact) mass is 360 g/mol. The first-order chi connectivity index (χ1) is 8.20. The van der Waals surface area contributed by atoms with Crippen LogP contribution in [0.1, 0.15) is 38.2 Å². The van der Waals surface area contributed by atoms with Crippen LogP contribution in [0.4, 0.5) is 0 Å². The van der Waals surface area contributed by atoms with Crippen LogP contribution in [0.25, 0.3) is 0 Å². The summed E-state index contributed by atoms with van der Waals surface area (Å²) in [5.41, 5.74) is 1.22. The number of hydrogen-bond acceptors (Lipinski definition) is 1. The number of hydrogen-bond donors (Lipinski definition) is 0. The third kappa shape index (κ3) is 3.47. The maximum atomic E-state index is 6.18. The van der Waals surface area contributed by atoms with Gasteiger partial charge in [0.15, 0.2) is 0 Å². The fraction of sp³-hybridized carbons (Fsp3) is 0.571. The molecule has 0 N–H and O–H groups in total. The lowest BCUT2D eigenvalue weighted by Gasteiger charge is -2.28. The van der Waals surface area contributed by atoms with Crippen molar-refractivity contribution in [3.05, 3.63) is 28.2 Å². The van der Waals surface area contributed by atoms with Gasteiger partial charge in [-0.15, -0.1) is 0 Å². The Bertz CT molecular complexity index is 370. The minimum absolute atomic E-state index is 0.391. The number of rotatable bonds is 3. The van der Waals surface area contributed by atoms with Crippen molar-refractivity contribution in [1.29, 1.82) is 0 Å². The maximum Gasteiger partial charge on any atom is 0.137 e. The largest absolute Gasteiger partial charge is 0.489 e. The summed E-state index contributed by atoms with van der Waals surface area (Å²) in [5, 5.41) is 0.838. The molecule has 0 spiro atoms. The topological polar surface area (TPSA) is 9.23 Å². The maximum absolute atomic E-state index is 6.18. The molecule has 17 heavy (non-hydrogen) atoms. The number of para-hydroxylation sites is 1. The number of benzene rings is 1. The summed E-state index contributed by atoms with van der Waals surface area (Å²) < 4.78 is 7.24. The zero-order valence-electron chi connectivity index (χ0n) is 10.1. The lowest BCUT2D eigenvalue weighted by Crippen LogP contribution is -2.23. The van der Waals surface area contributed by atoms with Gasteiger partial charge in [0.2, 0.25) is 0 Å². The van der Waals surface area contributed by atoms with E-state index in [9.17, 15) is 0 Å². The predicted octanol–water partition coefficient (Wildman–Crippen LogP) is 5.30. The molecule has 1 aliphatic carbocycles. The van der Waals surface area contributed by atoms with E-state index >= 15 is 0 Å². The van der Waals surface area contributed by atoms with E-state index in [4.69, 9.17) is 4.74 Å². The minimum Gasteiger partial charge on any atom is -0.489 e. The van der Waals surface area contributed by atoms with Gasteiger partial charge in [0.1, 0.15) is 5.75 Å². The SMILES string of the molecule is CC1CCC(Oc2c(Br)cccc2CBr)CC1. The van der Waals surface area contributed by atoms with Gasteiger partial charge in [-0.3, -0.25) is 0 Å². The van der Waals surface area contributed by atoms with Gasteiger partial charge in [-0.2, -0.15) is 0 Å². The van der Waals surface area contributed by atoms with Crippen molar-refractivity contribution in [1.82, 2.24) is 0 Å². The van der Waals surface area contributed by atoms with Crippen LogP contribution in [0.3, 0.4) is 0 Å². The van der Waals surface area contributed by atoms with Crippen molar-refractivity contribution >= 4 is 31.9 Å². The van der Waals surface area contributed by atoms with Crippen LogP contribution in [-0.2, 0) is 5.33 Å². The second-order valence-electron chi connectivity index (χ2n) is 4.86. The molecule has 1 aromatic carbocycles. The molecule has 94 valence electrons. The van der Waals surface area contributed by atoms with Crippen molar-refractivity contribution in [2.45, 2.75) is 44.0 Å². The first kappa shape index (κ1) is 13.4. The van der Waals surface area contributed by atoms with E-state index in [-0.39, 0.29) is 0 Å². The molecule has 0 atom stereocenters. The highest BCUT2D eigenvalue weighted by Crippen LogP contribution is 2.34. The molecule has 1 fully saturated rings. The smallest absolute Gasteiger partial charge is 0.137 e. The Kier molecular flexibility index (Phi) is 4.92. The Balaban J connectivity index is 2.07. The summed E-state index contributed by atoms with van der Waals surface area (Å²) in [6.07, 6.45) is 5.34. The molecule has 0 aliphatic heterocycles. The van der Waals surface area contributed by atoms with Crippen molar-refractivity contribution < 1.29 is 4.74 Å². The molecule has 1 aromatic rings. The minimum atomic E-state index is 0.391. The van der Waals surface area contributed by atoms with Gasteiger partial charge < -0.3 is 4.74 Å². The molecule has 1 saturated carbocycles. The van der Waals surface area contributed by atoms with Gasteiger partial charge in [0.25, 0.3) is 0 Å². The molecular formula is C14H18Br2O. The first-order valence-electron chi connectivity index (χ1n) is 6.20. The van der Waals surface area contributed by atoms with Crippen LogP contribution in [0.15, 0.2) is 22.7 Å². The van der Waals surface area contributed by atoms with Crippen LogP contribution >= 0.6 is 31.9 Å². The third-order valence-electron chi connectivity index (χ3n) is 3.44. The first-order valence-corrected chi connectivity index (χ1v) is 8.12. The molecule has 0 saturated heterocycles. The molecule has 0 radical (unpaired) electrons. The van der Waals surface area contributed by atoms with Crippen molar-refractivity contribution in [3.8, 4) is 5.75 Å². The standard InChI is InChI=1S/C14H18Br2O/c1-10-5-7-12(8-6-10)17-14-11(9-15)3-2-4-13(14)16/h2-4,10,12H,5-9H2,1H3. The Morgan fingerprint density at radius 1 is 1.24 bits per heavy atom. The van der Waals surface area contributed by atoms with Gasteiger partial charge in [0, 0.05) is 10.9 Å². The van der Waals surface area contributed by atoms with Gasteiger partial charge >= 0.3 is 0 Å². The van der Waals surface area contributed by atoms with E-state index in [2.05, 4.69) is 50.9 Å². The number of alkyl halides is 1. The normalized spacial score (nSPS) is 24.6. The Morgan fingerprint density at radius 2 is 1.94 bits per heavy atom. The summed E-state index contributed by atoms with van der Waals surface area (Å²) in [7, 11) is 0. The fourth-order valence-corrected chi connectivity index (χ4v) is 3.25. The van der Waals surface area contributed by atoms with Gasteiger partial charge in [-0.05, 0) is 53.6 Å². The number of halogens is 2. The van der Waals surface area contributed by atoms with Gasteiger partial charge in [-0.25, -0.2) is 0 Å². The predicted molar refractivity (Wildman–Crippen MR) is 78.8 cm³/mol. The molecule has 0 unspecified atom stereocenters. The van der Waals surface area contributed by atoms with Crippen LogP contribution < -0.4 is 4.74 Å². The van der Waals surface area contributed by atoms with Crippen molar-refractivity contribution in [2.75, 3.05) is 0 Å². The average molecular weight is 362 g/mol. The molecule has 1 nitrogen and oxygen atoms in total. The molecule has 0 heterocycles. The summed E-state index contributed by atoms with van der Waals surface area (Å²) in [6, 6.07) is 6.21. The molecule has 2 rings (SSSR count). The van der Waals surface area contributed by atoms with Crippen LogP contribution in [0, 0.1) is 5.92 Å². The highest BCUT2D eigenvalue weighted by molar-refractivity contribution is 9.10. The third-order valence-corrected chi connectivity index (χ3v) is 4.67. The zero-order chi connectivity index (χ0) is 12.3. The summed E-state index contributed by atoms with van der Waals surface area (Å²) in [6.45, 7) is 2.33. The summed E-state index contributed by atoms with van der Waals surface area (Å²) >= 11 is 7.10. The van der Waals surface area contributed by atoms with Gasteiger partial charge in [0.05, 0.1) is 10.6 Å². The van der Waals surface area contributed by atoms with E-state index in [1.54, 1.807) is 0 Å². The second kappa shape index (κ2) is 6.24. The van der Waals surface area contributed by atoms with Gasteiger partial charge in [-0.1, -0.05) is 35.0 Å². The summed E-state index contributed by atoms with van der Waals surface area (Å²) in [4.78, 5) is 0. The summed E-state index contributed by atoms with van der Waals surface area (Å²) in [5.74, 6) is 1.88. The molecule has 0 amide bonds. The fourth-order valence-electron chi connectivity index (χ4n) is 2.30. The van der Waals surface area contributed by atoms with E-state index < -0.39 is 0 Å². The zero-order valence-corrected chi connectivity index (χ0v) is 13.3. The molecule has 0 aromatic heterocycles. The van der Waals surface area contributed by atoms with Crippen LogP contribution in [-0.4, -0.2) is 6.10 Å². The second-order valence-corrected chi connectivity index (χ2v) is 6.28. The lowest BCUT2D eigenvalue weighted by atomic mass is 9.89. The Morgan fingerprint density at radius 3 is 2.59 bits per heavy atom. The highest BCUT2D eigenvalue weighted by Gasteiger charge is 2.21. The molecule has 0 bridgehead atoms. The number of ether oxygens (including phenoxy) is 1. The molecule has 3 heteroatoms. The average Bonchev–Trinajstić information content (AvgIpc) is 2.34. The molecular weight excluding hydrogens is 344 g/mol. The van der Waals surface area contributed by atoms with E-state index in [0.29, 0.717) is 6.10 Å². The van der Waals surface area contributed by atoms with Crippen molar-refractivity contribution in [2.24, 2.45) is 5.92 Å². The van der Waals surface area contributed by atoms with Crippen LogP contribution in [0.2, 0.25) is 0 Å². The van der Waals surface area contributed by atoms with Crippen LogP contribution in [0.5, 0.6) is 5.75 Å². The van der Waals surface area contributed by atoms with Crippen molar-refractivity contribution in [3.63, 3.8) is 0 Å². The Labute approximate surface area is 120 Å². The molecule has 1 aliphatic rings.